The first-order chi connectivity index (χ1) is 9.35. The summed E-state index contributed by atoms with van der Waals surface area (Å²) in [6.45, 7) is 6.27. The highest BCUT2D eigenvalue weighted by atomic mass is 79.9. The summed E-state index contributed by atoms with van der Waals surface area (Å²) in [6, 6.07) is 6.43. The second-order valence-corrected chi connectivity index (χ2v) is 7.23. The Kier molecular flexibility index (Phi) is 4.74. The maximum Gasteiger partial charge on any atom is 0.407 e. The topological polar surface area (TPSA) is 38.3 Å². The third kappa shape index (κ3) is 4.23. The Morgan fingerprint density at radius 3 is 2.90 bits per heavy atom. The van der Waals surface area contributed by atoms with Crippen LogP contribution in [0.1, 0.15) is 50.7 Å². The predicted molar refractivity (Wildman–Crippen MR) is 84.1 cm³/mol. The smallest absolute Gasteiger partial charge is 0.407 e. The van der Waals surface area contributed by atoms with Crippen LogP contribution in [-0.2, 0) is 11.2 Å². The minimum atomic E-state index is -0.445. The average Bonchev–Trinajstić information content (AvgIpc) is 2.33. The van der Waals surface area contributed by atoms with Crippen molar-refractivity contribution < 1.29 is 9.53 Å². The van der Waals surface area contributed by atoms with Gasteiger partial charge in [0, 0.05) is 16.9 Å². The highest BCUT2D eigenvalue weighted by Gasteiger charge is 2.22. The number of carbonyl (C=O) groups is 1. The summed E-state index contributed by atoms with van der Waals surface area (Å²) in [6.07, 6.45) is 3.08. The first-order valence-corrected chi connectivity index (χ1v) is 7.89. The molecule has 0 bridgehead atoms. The highest BCUT2D eigenvalue weighted by Crippen LogP contribution is 2.32. The molecule has 0 heterocycles. The number of nitrogens with one attached hydrogen (secondary N) is 1. The SMILES string of the molecule is CC(C)(C)OC(=O)NC[C@@H]1CCCc2cc(Br)ccc21. The zero-order valence-corrected chi connectivity index (χ0v) is 13.9. The van der Waals surface area contributed by atoms with Crippen LogP contribution in [0.3, 0.4) is 0 Å². The Morgan fingerprint density at radius 2 is 2.20 bits per heavy atom. The monoisotopic (exact) mass is 339 g/mol. The molecule has 0 unspecified atom stereocenters. The number of benzene rings is 1. The van der Waals surface area contributed by atoms with Crippen molar-refractivity contribution in [3.05, 3.63) is 33.8 Å². The minimum Gasteiger partial charge on any atom is -0.444 e. The Bertz CT molecular complexity index is 494. The Morgan fingerprint density at radius 1 is 1.45 bits per heavy atom. The molecule has 1 aliphatic carbocycles. The van der Waals surface area contributed by atoms with E-state index in [1.165, 1.54) is 17.5 Å². The second-order valence-electron chi connectivity index (χ2n) is 6.32. The number of amides is 1. The molecule has 1 aliphatic rings. The quantitative estimate of drug-likeness (QED) is 0.867. The molecule has 110 valence electrons. The summed E-state index contributed by atoms with van der Waals surface area (Å²) >= 11 is 3.52. The van der Waals surface area contributed by atoms with E-state index in [2.05, 4.69) is 39.4 Å². The van der Waals surface area contributed by atoms with Crippen molar-refractivity contribution in [2.24, 2.45) is 0 Å². The van der Waals surface area contributed by atoms with Gasteiger partial charge in [-0.3, -0.25) is 0 Å². The fraction of sp³-hybridized carbons (Fsp3) is 0.562. The molecule has 1 aromatic carbocycles. The lowest BCUT2D eigenvalue weighted by Crippen LogP contribution is -2.35. The van der Waals surface area contributed by atoms with Crippen LogP contribution in [0, 0.1) is 0 Å². The summed E-state index contributed by atoms with van der Waals surface area (Å²) in [7, 11) is 0. The first kappa shape index (κ1) is 15.4. The number of ether oxygens (including phenoxy) is 1. The van der Waals surface area contributed by atoms with Crippen LogP contribution in [-0.4, -0.2) is 18.2 Å². The highest BCUT2D eigenvalue weighted by molar-refractivity contribution is 9.10. The molecular formula is C16H22BrNO2. The molecule has 1 aromatic rings. The molecule has 3 nitrogen and oxygen atoms in total. The van der Waals surface area contributed by atoms with E-state index < -0.39 is 5.60 Å². The van der Waals surface area contributed by atoms with Crippen LogP contribution in [0.4, 0.5) is 4.79 Å². The molecular weight excluding hydrogens is 318 g/mol. The van der Waals surface area contributed by atoms with Crippen molar-refractivity contribution >= 4 is 22.0 Å². The van der Waals surface area contributed by atoms with Crippen molar-refractivity contribution in [2.75, 3.05) is 6.54 Å². The number of rotatable bonds is 2. The molecule has 0 spiro atoms. The lowest BCUT2D eigenvalue weighted by atomic mass is 9.83. The first-order valence-electron chi connectivity index (χ1n) is 7.10. The summed E-state index contributed by atoms with van der Waals surface area (Å²) in [5, 5.41) is 2.89. The van der Waals surface area contributed by atoms with Gasteiger partial charge in [0.2, 0.25) is 0 Å². The zero-order chi connectivity index (χ0) is 14.8. The molecule has 1 N–H and O–H groups in total. The van der Waals surface area contributed by atoms with Crippen molar-refractivity contribution in [3.8, 4) is 0 Å². The van der Waals surface area contributed by atoms with Gasteiger partial charge in [0.05, 0.1) is 0 Å². The molecule has 0 saturated carbocycles. The van der Waals surface area contributed by atoms with E-state index in [4.69, 9.17) is 4.74 Å². The van der Waals surface area contributed by atoms with E-state index >= 15 is 0 Å². The second kappa shape index (κ2) is 6.17. The van der Waals surface area contributed by atoms with E-state index in [1.807, 2.05) is 20.8 Å². The molecule has 20 heavy (non-hydrogen) atoms. The lowest BCUT2D eigenvalue weighted by molar-refractivity contribution is 0.0523. The lowest BCUT2D eigenvalue weighted by Gasteiger charge is -2.27. The van der Waals surface area contributed by atoms with Crippen molar-refractivity contribution in [1.82, 2.24) is 5.32 Å². The van der Waals surface area contributed by atoms with Gasteiger partial charge >= 0.3 is 6.09 Å². The number of hydrogen-bond donors (Lipinski definition) is 1. The summed E-state index contributed by atoms with van der Waals surface area (Å²) in [5.41, 5.74) is 2.30. The van der Waals surface area contributed by atoms with Crippen LogP contribution in [0.15, 0.2) is 22.7 Å². The van der Waals surface area contributed by atoms with Gasteiger partial charge in [-0.25, -0.2) is 4.79 Å². The van der Waals surface area contributed by atoms with Gasteiger partial charge in [0.15, 0.2) is 0 Å². The third-order valence-electron chi connectivity index (χ3n) is 3.44. The van der Waals surface area contributed by atoms with Gasteiger partial charge in [0.1, 0.15) is 5.60 Å². The normalized spacial score (nSPS) is 18.3. The number of hydrogen-bond acceptors (Lipinski definition) is 2. The number of fused-ring (bicyclic) bond motifs is 1. The van der Waals surface area contributed by atoms with E-state index in [1.54, 1.807) is 0 Å². The Balaban J connectivity index is 1.97. The van der Waals surface area contributed by atoms with Crippen LogP contribution in [0.25, 0.3) is 0 Å². The van der Waals surface area contributed by atoms with Crippen LogP contribution in [0.5, 0.6) is 0 Å². The number of aryl methyl sites for hydroxylation is 1. The van der Waals surface area contributed by atoms with Crippen LogP contribution >= 0.6 is 15.9 Å². The molecule has 0 fully saturated rings. The van der Waals surface area contributed by atoms with E-state index in [-0.39, 0.29) is 6.09 Å². The maximum atomic E-state index is 11.7. The van der Waals surface area contributed by atoms with E-state index in [9.17, 15) is 4.79 Å². The molecule has 1 atom stereocenters. The van der Waals surface area contributed by atoms with Crippen molar-refractivity contribution in [3.63, 3.8) is 0 Å². The maximum absolute atomic E-state index is 11.7. The van der Waals surface area contributed by atoms with Gasteiger partial charge < -0.3 is 10.1 Å². The van der Waals surface area contributed by atoms with Crippen LogP contribution in [0.2, 0.25) is 0 Å². The zero-order valence-electron chi connectivity index (χ0n) is 12.3. The fourth-order valence-electron chi connectivity index (χ4n) is 2.62. The van der Waals surface area contributed by atoms with Crippen LogP contribution < -0.4 is 5.32 Å². The summed E-state index contributed by atoms with van der Waals surface area (Å²) < 4.78 is 6.40. The molecule has 0 radical (unpaired) electrons. The Hall–Kier alpha value is -1.03. The molecule has 2 rings (SSSR count). The molecule has 1 amide bonds. The minimum absolute atomic E-state index is 0.332. The number of alkyl carbamates (subject to hydrolysis) is 1. The van der Waals surface area contributed by atoms with Crippen molar-refractivity contribution in [2.45, 2.75) is 51.6 Å². The largest absolute Gasteiger partial charge is 0.444 e. The molecule has 0 aliphatic heterocycles. The van der Waals surface area contributed by atoms with Gasteiger partial charge in [0.25, 0.3) is 0 Å². The van der Waals surface area contributed by atoms with Gasteiger partial charge in [-0.15, -0.1) is 0 Å². The van der Waals surface area contributed by atoms with Gasteiger partial charge in [-0.05, 0) is 63.3 Å². The summed E-state index contributed by atoms with van der Waals surface area (Å²) in [5.74, 6) is 0.388. The summed E-state index contributed by atoms with van der Waals surface area (Å²) in [4.78, 5) is 11.7. The Labute approximate surface area is 129 Å². The van der Waals surface area contributed by atoms with Gasteiger partial charge in [-0.1, -0.05) is 22.0 Å². The van der Waals surface area contributed by atoms with E-state index in [0.717, 1.165) is 17.3 Å². The molecule has 0 aromatic heterocycles. The average molecular weight is 340 g/mol. The van der Waals surface area contributed by atoms with E-state index in [0.29, 0.717) is 12.5 Å². The number of halogens is 1. The molecule has 4 heteroatoms. The predicted octanol–water partition coefficient (Wildman–Crippen LogP) is 4.39. The van der Waals surface area contributed by atoms with Gasteiger partial charge in [-0.2, -0.15) is 0 Å². The third-order valence-corrected chi connectivity index (χ3v) is 3.93. The number of carbonyl (C=O) groups excluding carboxylic acids is 1. The fourth-order valence-corrected chi connectivity index (χ4v) is 3.02. The standard InChI is InChI=1S/C16H22BrNO2/c1-16(2,3)20-15(19)18-10-12-6-4-5-11-9-13(17)7-8-14(11)12/h7-9,12H,4-6,10H2,1-3H3,(H,18,19)/t12-/m0/s1. The van der Waals surface area contributed by atoms with Crippen molar-refractivity contribution in [1.29, 1.82) is 0 Å². The molecule has 0 saturated heterocycles.